The highest BCUT2D eigenvalue weighted by Gasteiger charge is 2.11. The monoisotopic (exact) mass is 254 g/mol. The molecule has 1 aromatic carbocycles. The van der Waals surface area contributed by atoms with Crippen LogP contribution >= 0.6 is 0 Å². The molecule has 0 saturated heterocycles. The van der Waals surface area contributed by atoms with Crippen molar-refractivity contribution in [3.05, 3.63) is 47.7 Å². The van der Waals surface area contributed by atoms with Crippen LogP contribution in [0.15, 0.2) is 36.5 Å². The fourth-order valence-corrected chi connectivity index (χ4v) is 2.50. The van der Waals surface area contributed by atoms with Crippen molar-refractivity contribution in [1.29, 1.82) is 0 Å². The van der Waals surface area contributed by atoms with E-state index >= 15 is 0 Å². The zero-order valence-electron chi connectivity index (χ0n) is 11.1. The molecule has 1 aromatic heterocycles. The average Bonchev–Trinajstić information content (AvgIpc) is 2.87. The third-order valence-electron chi connectivity index (χ3n) is 3.39. The molecule has 98 valence electrons. The van der Waals surface area contributed by atoms with Crippen molar-refractivity contribution in [1.82, 2.24) is 4.98 Å². The van der Waals surface area contributed by atoms with Crippen LogP contribution in [0.5, 0.6) is 11.5 Å². The summed E-state index contributed by atoms with van der Waals surface area (Å²) in [6, 6.07) is 10.2. The second-order valence-electron chi connectivity index (χ2n) is 4.79. The van der Waals surface area contributed by atoms with Gasteiger partial charge in [-0.25, -0.2) is 4.98 Å². The van der Waals surface area contributed by atoms with Crippen molar-refractivity contribution >= 4 is 5.82 Å². The van der Waals surface area contributed by atoms with E-state index < -0.39 is 0 Å². The summed E-state index contributed by atoms with van der Waals surface area (Å²) in [5.41, 5.74) is 2.90. The predicted molar refractivity (Wildman–Crippen MR) is 76.9 cm³/mol. The fraction of sp³-hybridized carbons (Fsp3) is 0.312. The van der Waals surface area contributed by atoms with Gasteiger partial charge in [-0.15, -0.1) is 0 Å². The van der Waals surface area contributed by atoms with E-state index in [1.54, 1.807) is 6.20 Å². The Kier molecular flexibility index (Phi) is 3.36. The van der Waals surface area contributed by atoms with Crippen LogP contribution in [0.4, 0.5) is 5.82 Å². The van der Waals surface area contributed by atoms with Crippen molar-refractivity contribution < 1.29 is 4.74 Å². The van der Waals surface area contributed by atoms with Crippen LogP contribution < -0.4 is 10.1 Å². The summed E-state index contributed by atoms with van der Waals surface area (Å²) < 4.78 is 5.91. The first-order chi connectivity index (χ1) is 9.35. The van der Waals surface area contributed by atoms with Crippen LogP contribution in [0, 0.1) is 0 Å². The molecular formula is C16H18N2O. The Morgan fingerprint density at radius 3 is 2.84 bits per heavy atom. The molecule has 3 nitrogen and oxygen atoms in total. The number of aryl methyl sites for hydroxylation is 2. The molecule has 0 unspecified atom stereocenters. The van der Waals surface area contributed by atoms with Gasteiger partial charge in [0, 0.05) is 18.8 Å². The molecule has 0 fully saturated rings. The van der Waals surface area contributed by atoms with Crippen molar-refractivity contribution in [3.63, 3.8) is 0 Å². The Bertz CT molecular complexity index is 581. The van der Waals surface area contributed by atoms with Crippen molar-refractivity contribution in [2.45, 2.75) is 26.2 Å². The first-order valence-corrected chi connectivity index (χ1v) is 6.85. The molecule has 0 saturated carbocycles. The third-order valence-corrected chi connectivity index (χ3v) is 3.39. The summed E-state index contributed by atoms with van der Waals surface area (Å²) in [4.78, 5) is 4.24. The molecule has 3 heteroatoms. The van der Waals surface area contributed by atoms with E-state index in [-0.39, 0.29) is 0 Å². The SMILES string of the molecule is CCNc1cc(Oc2ccc3c(c2)CCC3)ccn1. The molecule has 1 aliphatic rings. The molecule has 0 radical (unpaired) electrons. The number of aromatic nitrogens is 1. The molecule has 2 aromatic rings. The van der Waals surface area contributed by atoms with E-state index in [9.17, 15) is 0 Å². The summed E-state index contributed by atoms with van der Waals surface area (Å²) in [6.07, 6.45) is 5.40. The largest absolute Gasteiger partial charge is 0.457 e. The van der Waals surface area contributed by atoms with E-state index in [2.05, 4.69) is 35.4 Å². The Morgan fingerprint density at radius 1 is 1.11 bits per heavy atom. The van der Waals surface area contributed by atoms with Crippen LogP contribution in [-0.2, 0) is 12.8 Å². The van der Waals surface area contributed by atoms with Gasteiger partial charge in [-0.05, 0) is 55.5 Å². The molecule has 0 spiro atoms. The van der Waals surface area contributed by atoms with Crippen LogP contribution in [0.1, 0.15) is 24.5 Å². The maximum atomic E-state index is 5.91. The number of anilines is 1. The van der Waals surface area contributed by atoms with Gasteiger partial charge in [0.15, 0.2) is 0 Å². The second-order valence-corrected chi connectivity index (χ2v) is 4.79. The van der Waals surface area contributed by atoms with E-state index in [1.807, 2.05) is 12.1 Å². The van der Waals surface area contributed by atoms with Gasteiger partial charge in [-0.1, -0.05) is 6.07 Å². The zero-order valence-corrected chi connectivity index (χ0v) is 11.1. The standard InChI is InChI=1S/C16H18N2O/c1-2-17-16-11-15(8-9-18-16)19-14-7-6-12-4-3-5-13(12)10-14/h6-11H,2-5H2,1H3,(H,17,18). The minimum absolute atomic E-state index is 0.823. The van der Waals surface area contributed by atoms with Gasteiger partial charge in [-0.2, -0.15) is 0 Å². The molecule has 0 aliphatic heterocycles. The molecule has 3 rings (SSSR count). The first-order valence-electron chi connectivity index (χ1n) is 6.85. The highest BCUT2D eigenvalue weighted by molar-refractivity contribution is 5.44. The lowest BCUT2D eigenvalue weighted by Gasteiger charge is -2.09. The van der Waals surface area contributed by atoms with Gasteiger partial charge in [0.2, 0.25) is 0 Å². The van der Waals surface area contributed by atoms with E-state index in [4.69, 9.17) is 4.74 Å². The summed E-state index contributed by atoms with van der Waals surface area (Å²) in [5.74, 6) is 2.58. The van der Waals surface area contributed by atoms with Crippen molar-refractivity contribution in [3.8, 4) is 11.5 Å². The van der Waals surface area contributed by atoms with Crippen LogP contribution in [0.2, 0.25) is 0 Å². The molecule has 0 amide bonds. The van der Waals surface area contributed by atoms with Gasteiger partial charge < -0.3 is 10.1 Å². The Balaban J connectivity index is 1.79. The number of hydrogen-bond acceptors (Lipinski definition) is 3. The first kappa shape index (κ1) is 12.0. The zero-order chi connectivity index (χ0) is 13.1. The maximum absolute atomic E-state index is 5.91. The van der Waals surface area contributed by atoms with Gasteiger partial charge in [0.1, 0.15) is 17.3 Å². The summed E-state index contributed by atoms with van der Waals surface area (Å²) in [6.45, 7) is 2.91. The van der Waals surface area contributed by atoms with Gasteiger partial charge in [-0.3, -0.25) is 0 Å². The van der Waals surface area contributed by atoms with Crippen LogP contribution in [-0.4, -0.2) is 11.5 Å². The van der Waals surface area contributed by atoms with Gasteiger partial charge in [0.05, 0.1) is 0 Å². The predicted octanol–water partition coefficient (Wildman–Crippen LogP) is 3.79. The molecule has 1 N–H and O–H groups in total. The molecule has 0 atom stereocenters. The fourth-order valence-electron chi connectivity index (χ4n) is 2.50. The average molecular weight is 254 g/mol. The van der Waals surface area contributed by atoms with Crippen LogP contribution in [0.25, 0.3) is 0 Å². The van der Waals surface area contributed by atoms with Crippen molar-refractivity contribution in [2.75, 3.05) is 11.9 Å². The van der Waals surface area contributed by atoms with Gasteiger partial charge >= 0.3 is 0 Å². The Hall–Kier alpha value is -2.03. The molecule has 1 aliphatic carbocycles. The quantitative estimate of drug-likeness (QED) is 0.901. The van der Waals surface area contributed by atoms with Crippen LogP contribution in [0.3, 0.4) is 0 Å². The molecule has 19 heavy (non-hydrogen) atoms. The topological polar surface area (TPSA) is 34.1 Å². The third kappa shape index (κ3) is 2.70. The lowest BCUT2D eigenvalue weighted by Crippen LogP contribution is -1.98. The highest BCUT2D eigenvalue weighted by atomic mass is 16.5. The number of benzene rings is 1. The summed E-state index contributed by atoms with van der Waals surface area (Å²) >= 11 is 0. The van der Waals surface area contributed by atoms with E-state index in [0.29, 0.717) is 0 Å². The molecular weight excluding hydrogens is 236 g/mol. The lowest BCUT2D eigenvalue weighted by atomic mass is 10.1. The number of hydrogen-bond donors (Lipinski definition) is 1. The summed E-state index contributed by atoms with van der Waals surface area (Å²) in [5, 5.41) is 3.18. The molecule has 0 bridgehead atoms. The summed E-state index contributed by atoms with van der Waals surface area (Å²) in [7, 11) is 0. The number of nitrogens with one attached hydrogen (secondary N) is 1. The number of ether oxygens (including phenoxy) is 1. The minimum atomic E-state index is 0.823. The smallest absolute Gasteiger partial charge is 0.132 e. The Morgan fingerprint density at radius 2 is 1.95 bits per heavy atom. The number of pyridine rings is 1. The number of fused-ring (bicyclic) bond motifs is 1. The number of rotatable bonds is 4. The van der Waals surface area contributed by atoms with E-state index in [1.165, 1.54) is 30.4 Å². The van der Waals surface area contributed by atoms with E-state index in [0.717, 1.165) is 23.9 Å². The highest BCUT2D eigenvalue weighted by Crippen LogP contribution is 2.29. The molecule has 1 heterocycles. The maximum Gasteiger partial charge on any atom is 0.132 e. The lowest BCUT2D eigenvalue weighted by molar-refractivity contribution is 0.481. The van der Waals surface area contributed by atoms with Gasteiger partial charge in [0.25, 0.3) is 0 Å². The Labute approximate surface area is 113 Å². The second kappa shape index (κ2) is 5.31. The van der Waals surface area contributed by atoms with Crippen molar-refractivity contribution in [2.24, 2.45) is 0 Å². The number of nitrogens with zero attached hydrogens (tertiary/aromatic N) is 1. The minimum Gasteiger partial charge on any atom is -0.457 e. The normalized spacial score (nSPS) is 13.1.